The van der Waals surface area contributed by atoms with Gasteiger partial charge in [-0.15, -0.1) is 22.9 Å². The molecular formula is C12H20ClN3OS. The monoisotopic (exact) mass is 289 g/mol. The molecule has 1 N–H and O–H groups in total. The first-order valence-electron chi connectivity index (χ1n) is 5.95. The molecule has 102 valence electrons. The van der Waals surface area contributed by atoms with Gasteiger partial charge in [-0.1, -0.05) is 13.8 Å². The number of rotatable bonds is 7. The van der Waals surface area contributed by atoms with Crippen LogP contribution in [0, 0.1) is 5.92 Å². The minimum atomic E-state index is 0.0559. The standard InChI is InChI=1S/C12H20ClN3OS/c1-9(2)5-14-11(17)6-16(3)7-12-15-10(4-13)8-18-12/h8-9H,4-7H2,1-3H3,(H,14,17). The van der Waals surface area contributed by atoms with Gasteiger partial charge < -0.3 is 5.32 Å². The molecule has 0 radical (unpaired) electrons. The summed E-state index contributed by atoms with van der Waals surface area (Å²) in [6.45, 7) is 5.94. The lowest BCUT2D eigenvalue weighted by Crippen LogP contribution is -2.36. The first-order chi connectivity index (χ1) is 8.51. The van der Waals surface area contributed by atoms with Crippen LogP contribution in [0.5, 0.6) is 0 Å². The normalized spacial score (nSPS) is 11.2. The molecule has 0 aliphatic rings. The summed E-state index contributed by atoms with van der Waals surface area (Å²) < 4.78 is 0. The zero-order valence-corrected chi connectivity index (χ0v) is 12.6. The van der Waals surface area contributed by atoms with E-state index in [2.05, 4.69) is 24.1 Å². The Hall–Kier alpha value is -0.650. The molecule has 6 heteroatoms. The van der Waals surface area contributed by atoms with Gasteiger partial charge in [0.1, 0.15) is 5.01 Å². The number of nitrogens with one attached hydrogen (secondary N) is 1. The molecular weight excluding hydrogens is 270 g/mol. The summed E-state index contributed by atoms with van der Waals surface area (Å²) in [4.78, 5) is 17.9. The van der Waals surface area contributed by atoms with Crippen molar-refractivity contribution in [2.24, 2.45) is 5.92 Å². The molecule has 0 fully saturated rings. The number of carbonyl (C=O) groups excluding carboxylic acids is 1. The molecule has 1 rings (SSSR count). The number of nitrogens with zero attached hydrogens (tertiary/aromatic N) is 2. The van der Waals surface area contributed by atoms with Gasteiger partial charge in [-0.05, 0) is 13.0 Å². The van der Waals surface area contributed by atoms with Crippen molar-refractivity contribution >= 4 is 28.8 Å². The second-order valence-corrected chi connectivity index (χ2v) is 5.95. The van der Waals surface area contributed by atoms with Crippen molar-refractivity contribution in [1.29, 1.82) is 0 Å². The van der Waals surface area contributed by atoms with E-state index in [1.807, 2.05) is 17.3 Å². The highest BCUT2D eigenvalue weighted by molar-refractivity contribution is 7.09. The predicted octanol–water partition coefficient (Wildman–Crippen LogP) is 2.09. The van der Waals surface area contributed by atoms with Gasteiger partial charge in [0.25, 0.3) is 0 Å². The number of amides is 1. The minimum Gasteiger partial charge on any atom is -0.355 e. The molecule has 1 heterocycles. The molecule has 0 saturated carbocycles. The molecule has 4 nitrogen and oxygen atoms in total. The van der Waals surface area contributed by atoms with Crippen LogP contribution in [-0.4, -0.2) is 35.9 Å². The van der Waals surface area contributed by atoms with E-state index in [-0.39, 0.29) is 5.91 Å². The largest absolute Gasteiger partial charge is 0.355 e. The van der Waals surface area contributed by atoms with Crippen molar-refractivity contribution in [3.05, 3.63) is 16.1 Å². The fourth-order valence-electron chi connectivity index (χ4n) is 1.39. The Kier molecular flexibility index (Phi) is 6.60. The highest BCUT2D eigenvalue weighted by Crippen LogP contribution is 2.13. The van der Waals surface area contributed by atoms with Gasteiger partial charge in [-0.25, -0.2) is 4.98 Å². The van der Waals surface area contributed by atoms with Crippen molar-refractivity contribution in [2.75, 3.05) is 20.1 Å². The SMILES string of the molecule is CC(C)CNC(=O)CN(C)Cc1nc(CCl)cs1. The Morgan fingerprint density at radius 3 is 2.89 bits per heavy atom. The van der Waals surface area contributed by atoms with Crippen molar-refractivity contribution in [3.8, 4) is 0 Å². The summed E-state index contributed by atoms with van der Waals surface area (Å²) in [5, 5.41) is 5.84. The molecule has 0 spiro atoms. The van der Waals surface area contributed by atoms with E-state index in [1.54, 1.807) is 11.3 Å². The Morgan fingerprint density at radius 1 is 1.61 bits per heavy atom. The maximum absolute atomic E-state index is 11.6. The third-order valence-corrected chi connectivity index (χ3v) is 3.42. The van der Waals surface area contributed by atoms with Crippen LogP contribution in [0.25, 0.3) is 0 Å². The Morgan fingerprint density at radius 2 is 2.33 bits per heavy atom. The number of hydrogen-bond acceptors (Lipinski definition) is 4. The Labute approximate surface area is 117 Å². The van der Waals surface area contributed by atoms with E-state index in [0.717, 1.165) is 17.2 Å². The van der Waals surface area contributed by atoms with Crippen LogP contribution in [0.4, 0.5) is 0 Å². The summed E-state index contributed by atoms with van der Waals surface area (Å²) in [6.07, 6.45) is 0. The zero-order chi connectivity index (χ0) is 13.5. The van der Waals surface area contributed by atoms with Crippen molar-refractivity contribution in [3.63, 3.8) is 0 Å². The third kappa shape index (κ3) is 5.80. The number of thiazole rings is 1. The number of hydrogen-bond donors (Lipinski definition) is 1. The molecule has 0 aliphatic heterocycles. The van der Waals surface area contributed by atoms with Crippen LogP contribution < -0.4 is 5.32 Å². The predicted molar refractivity (Wildman–Crippen MR) is 75.9 cm³/mol. The second kappa shape index (κ2) is 7.71. The van der Waals surface area contributed by atoms with Crippen molar-refractivity contribution in [1.82, 2.24) is 15.2 Å². The maximum atomic E-state index is 11.6. The van der Waals surface area contributed by atoms with Gasteiger partial charge in [0.15, 0.2) is 0 Å². The highest BCUT2D eigenvalue weighted by atomic mass is 35.5. The van der Waals surface area contributed by atoms with Crippen LogP contribution in [0.3, 0.4) is 0 Å². The summed E-state index contributed by atoms with van der Waals surface area (Å²) in [6, 6.07) is 0. The molecule has 1 aromatic rings. The van der Waals surface area contributed by atoms with Crippen molar-refractivity contribution in [2.45, 2.75) is 26.3 Å². The van der Waals surface area contributed by atoms with Crippen LogP contribution in [-0.2, 0) is 17.2 Å². The van der Waals surface area contributed by atoms with Crippen LogP contribution in [0.2, 0.25) is 0 Å². The lowest BCUT2D eigenvalue weighted by molar-refractivity contribution is -0.122. The minimum absolute atomic E-state index is 0.0559. The quantitative estimate of drug-likeness (QED) is 0.782. The average Bonchev–Trinajstić information content (AvgIpc) is 2.73. The number of alkyl halides is 1. The van der Waals surface area contributed by atoms with E-state index in [0.29, 0.717) is 24.9 Å². The first kappa shape index (κ1) is 15.4. The molecule has 0 bridgehead atoms. The number of halogens is 1. The molecule has 0 aliphatic carbocycles. The molecule has 0 saturated heterocycles. The molecule has 0 aromatic carbocycles. The topological polar surface area (TPSA) is 45.2 Å². The highest BCUT2D eigenvalue weighted by Gasteiger charge is 2.09. The smallest absolute Gasteiger partial charge is 0.234 e. The molecule has 0 atom stereocenters. The fourth-order valence-corrected chi connectivity index (χ4v) is 2.49. The van der Waals surface area contributed by atoms with Crippen LogP contribution in [0.15, 0.2) is 5.38 Å². The summed E-state index contributed by atoms with van der Waals surface area (Å²) in [5.41, 5.74) is 0.898. The van der Waals surface area contributed by atoms with Gasteiger partial charge in [-0.3, -0.25) is 9.69 Å². The Balaban J connectivity index is 2.32. The average molecular weight is 290 g/mol. The van der Waals surface area contributed by atoms with Gasteiger partial charge in [0.2, 0.25) is 5.91 Å². The van der Waals surface area contributed by atoms with Crippen LogP contribution in [0.1, 0.15) is 24.5 Å². The third-order valence-electron chi connectivity index (χ3n) is 2.26. The summed E-state index contributed by atoms with van der Waals surface area (Å²) >= 11 is 7.28. The molecule has 1 aromatic heterocycles. The number of aromatic nitrogens is 1. The van der Waals surface area contributed by atoms with Gasteiger partial charge in [0, 0.05) is 11.9 Å². The van der Waals surface area contributed by atoms with E-state index in [1.165, 1.54) is 0 Å². The number of likely N-dealkylation sites (N-methyl/N-ethyl adjacent to an activating group) is 1. The maximum Gasteiger partial charge on any atom is 0.234 e. The molecule has 18 heavy (non-hydrogen) atoms. The first-order valence-corrected chi connectivity index (χ1v) is 7.37. The van der Waals surface area contributed by atoms with Crippen LogP contribution >= 0.6 is 22.9 Å². The van der Waals surface area contributed by atoms with E-state index in [4.69, 9.17) is 11.6 Å². The number of carbonyl (C=O) groups is 1. The van der Waals surface area contributed by atoms with E-state index < -0.39 is 0 Å². The Bertz CT molecular complexity index is 381. The van der Waals surface area contributed by atoms with Gasteiger partial charge >= 0.3 is 0 Å². The summed E-state index contributed by atoms with van der Waals surface area (Å²) in [5.74, 6) is 0.972. The fraction of sp³-hybridized carbons (Fsp3) is 0.667. The van der Waals surface area contributed by atoms with Crippen molar-refractivity contribution < 1.29 is 4.79 Å². The zero-order valence-electron chi connectivity index (χ0n) is 11.1. The molecule has 1 amide bonds. The second-order valence-electron chi connectivity index (χ2n) is 4.74. The lowest BCUT2D eigenvalue weighted by Gasteiger charge is -2.15. The van der Waals surface area contributed by atoms with E-state index >= 15 is 0 Å². The summed E-state index contributed by atoms with van der Waals surface area (Å²) in [7, 11) is 1.91. The van der Waals surface area contributed by atoms with Gasteiger partial charge in [-0.2, -0.15) is 0 Å². The lowest BCUT2D eigenvalue weighted by atomic mass is 10.2. The van der Waals surface area contributed by atoms with Gasteiger partial charge in [0.05, 0.1) is 24.7 Å². The van der Waals surface area contributed by atoms with E-state index in [9.17, 15) is 4.79 Å². The molecule has 0 unspecified atom stereocenters.